The van der Waals surface area contributed by atoms with Gasteiger partial charge in [0, 0.05) is 0 Å². The van der Waals surface area contributed by atoms with E-state index >= 15 is 0 Å². The summed E-state index contributed by atoms with van der Waals surface area (Å²) in [5, 5.41) is 2.64. The Morgan fingerprint density at radius 2 is 1.68 bits per heavy atom. The Morgan fingerprint density at radius 3 is 2.32 bits per heavy atom. The second kappa shape index (κ2) is 8.84. The SMILES string of the molecule is NC(=O)[C@@H](CC(=O)OCc1ccccc1)NC(=O)c1ccccc1Cl. The Morgan fingerprint density at radius 1 is 1.04 bits per heavy atom. The lowest BCUT2D eigenvalue weighted by atomic mass is 10.1. The summed E-state index contributed by atoms with van der Waals surface area (Å²) in [6, 6.07) is 14.3. The lowest BCUT2D eigenvalue weighted by Gasteiger charge is -2.15. The van der Waals surface area contributed by atoms with E-state index < -0.39 is 23.8 Å². The molecule has 2 rings (SSSR count). The third-order valence-corrected chi connectivity index (χ3v) is 3.71. The molecule has 0 aliphatic carbocycles. The number of esters is 1. The topological polar surface area (TPSA) is 98.5 Å². The number of rotatable bonds is 7. The predicted octanol–water partition coefficient (Wildman–Crippen LogP) is 2.06. The first-order valence-electron chi connectivity index (χ1n) is 7.51. The highest BCUT2D eigenvalue weighted by Crippen LogP contribution is 2.15. The Hall–Kier alpha value is -2.86. The Labute approximate surface area is 149 Å². The average Bonchev–Trinajstić information content (AvgIpc) is 2.60. The molecule has 7 heteroatoms. The Kier molecular flexibility index (Phi) is 6.54. The second-order valence-corrected chi connectivity index (χ2v) is 5.67. The lowest BCUT2D eigenvalue weighted by Crippen LogP contribution is -2.46. The third-order valence-electron chi connectivity index (χ3n) is 3.38. The molecule has 1 atom stereocenters. The molecule has 0 saturated carbocycles. The van der Waals surface area contributed by atoms with Crippen LogP contribution in [0.1, 0.15) is 22.3 Å². The summed E-state index contributed by atoms with van der Waals surface area (Å²) in [7, 11) is 0. The van der Waals surface area contributed by atoms with Crippen molar-refractivity contribution >= 4 is 29.4 Å². The number of nitrogens with one attached hydrogen (secondary N) is 1. The van der Waals surface area contributed by atoms with Gasteiger partial charge in [-0.3, -0.25) is 14.4 Å². The zero-order valence-electron chi connectivity index (χ0n) is 13.3. The van der Waals surface area contributed by atoms with E-state index in [2.05, 4.69) is 5.32 Å². The maximum Gasteiger partial charge on any atom is 0.308 e. The lowest BCUT2D eigenvalue weighted by molar-refractivity contribution is -0.146. The van der Waals surface area contributed by atoms with E-state index in [1.165, 1.54) is 6.07 Å². The van der Waals surface area contributed by atoms with Crippen LogP contribution in [-0.4, -0.2) is 23.8 Å². The molecule has 0 saturated heterocycles. The van der Waals surface area contributed by atoms with Crippen molar-refractivity contribution in [3.05, 3.63) is 70.7 Å². The van der Waals surface area contributed by atoms with E-state index in [9.17, 15) is 14.4 Å². The van der Waals surface area contributed by atoms with Gasteiger partial charge in [0.15, 0.2) is 0 Å². The molecule has 25 heavy (non-hydrogen) atoms. The van der Waals surface area contributed by atoms with Crippen LogP contribution in [0.4, 0.5) is 0 Å². The summed E-state index contributed by atoms with van der Waals surface area (Å²) >= 11 is 5.94. The zero-order chi connectivity index (χ0) is 18.2. The summed E-state index contributed by atoms with van der Waals surface area (Å²) in [6.07, 6.45) is -0.363. The first-order valence-corrected chi connectivity index (χ1v) is 7.89. The van der Waals surface area contributed by atoms with E-state index in [4.69, 9.17) is 22.1 Å². The normalized spacial score (nSPS) is 11.4. The quantitative estimate of drug-likeness (QED) is 0.738. The minimum absolute atomic E-state index is 0.0730. The van der Waals surface area contributed by atoms with Gasteiger partial charge in [-0.05, 0) is 17.7 Å². The van der Waals surface area contributed by atoms with Crippen molar-refractivity contribution in [3.8, 4) is 0 Å². The minimum Gasteiger partial charge on any atom is -0.461 e. The molecule has 0 aliphatic heterocycles. The largest absolute Gasteiger partial charge is 0.461 e. The molecule has 0 spiro atoms. The van der Waals surface area contributed by atoms with E-state index in [0.717, 1.165) is 5.56 Å². The molecule has 130 valence electrons. The molecule has 0 aromatic heterocycles. The number of carbonyl (C=O) groups excluding carboxylic acids is 3. The zero-order valence-corrected chi connectivity index (χ0v) is 14.0. The van der Waals surface area contributed by atoms with Crippen LogP contribution < -0.4 is 11.1 Å². The number of hydrogen-bond acceptors (Lipinski definition) is 4. The van der Waals surface area contributed by atoms with Crippen LogP contribution >= 0.6 is 11.6 Å². The molecule has 0 unspecified atom stereocenters. The summed E-state index contributed by atoms with van der Waals surface area (Å²) < 4.78 is 5.10. The Balaban J connectivity index is 1.94. The van der Waals surface area contributed by atoms with Gasteiger partial charge in [-0.2, -0.15) is 0 Å². The highest BCUT2D eigenvalue weighted by molar-refractivity contribution is 6.33. The van der Waals surface area contributed by atoms with Gasteiger partial charge in [0.1, 0.15) is 12.6 Å². The van der Waals surface area contributed by atoms with Gasteiger partial charge in [0.2, 0.25) is 5.91 Å². The first-order chi connectivity index (χ1) is 12.0. The number of amides is 2. The van der Waals surface area contributed by atoms with Gasteiger partial charge in [0.05, 0.1) is 17.0 Å². The molecule has 0 fully saturated rings. The van der Waals surface area contributed by atoms with Crippen molar-refractivity contribution in [2.75, 3.05) is 0 Å². The molecular weight excluding hydrogens is 344 g/mol. The van der Waals surface area contributed by atoms with Crippen molar-refractivity contribution in [3.63, 3.8) is 0 Å². The van der Waals surface area contributed by atoms with Crippen molar-refractivity contribution in [1.82, 2.24) is 5.32 Å². The van der Waals surface area contributed by atoms with Crippen LogP contribution in [0.3, 0.4) is 0 Å². The van der Waals surface area contributed by atoms with E-state index in [0.29, 0.717) is 0 Å². The fourth-order valence-electron chi connectivity index (χ4n) is 2.07. The van der Waals surface area contributed by atoms with Crippen molar-refractivity contribution in [1.29, 1.82) is 0 Å². The highest BCUT2D eigenvalue weighted by Gasteiger charge is 2.23. The fourth-order valence-corrected chi connectivity index (χ4v) is 2.29. The van der Waals surface area contributed by atoms with Gasteiger partial charge < -0.3 is 15.8 Å². The molecule has 0 aliphatic rings. The van der Waals surface area contributed by atoms with Crippen LogP contribution in [-0.2, 0) is 20.9 Å². The van der Waals surface area contributed by atoms with E-state index in [-0.39, 0.29) is 23.6 Å². The van der Waals surface area contributed by atoms with Crippen molar-refractivity contribution in [2.45, 2.75) is 19.1 Å². The summed E-state index contributed by atoms with van der Waals surface area (Å²) in [6.45, 7) is 0.0730. The maximum absolute atomic E-state index is 12.2. The predicted molar refractivity (Wildman–Crippen MR) is 92.8 cm³/mol. The van der Waals surface area contributed by atoms with Crippen molar-refractivity contribution in [2.24, 2.45) is 5.73 Å². The molecule has 0 bridgehead atoms. The van der Waals surface area contributed by atoms with Crippen LogP contribution in [0.5, 0.6) is 0 Å². The van der Waals surface area contributed by atoms with Crippen LogP contribution in [0.25, 0.3) is 0 Å². The van der Waals surface area contributed by atoms with Crippen LogP contribution in [0.2, 0.25) is 5.02 Å². The summed E-state index contributed by atoms with van der Waals surface area (Å²) in [5.41, 5.74) is 6.26. The standard InChI is InChI=1S/C18H17ClN2O4/c19-14-9-5-4-8-13(14)18(24)21-15(17(20)23)10-16(22)25-11-12-6-2-1-3-7-12/h1-9,15H,10-11H2,(H2,20,23)(H,21,24)/t15-/m1/s1. The molecular formula is C18H17ClN2O4. The third kappa shape index (κ3) is 5.61. The van der Waals surface area contributed by atoms with Gasteiger partial charge in [-0.25, -0.2) is 0 Å². The van der Waals surface area contributed by atoms with Gasteiger partial charge >= 0.3 is 5.97 Å². The fraction of sp³-hybridized carbons (Fsp3) is 0.167. The average molecular weight is 361 g/mol. The summed E-state index contributed by atoms with van der Waals surface area (Å²) in [5.74, 6) is -2.07. The van der Waals surface area contributed by atoms with Crippen molar-refractivity contribution < 1.29 is 19.1 Å². The maximum atomic E-state index is 12.2. The van der Waals surface area contributed by atoms with E-state index in [1.54, 1.807) is 30.3 Å². The number of carbonyl (C=O) groups is 3. The monoisotopic (exact) mass is 360 g/mol. The number of halogens is 1. The van der Waals surface area contributed by atoms with Crippen LogP contribution in [0.15, 0.2) is 54.6 Å². The number of hydrogen-bond donors (Lipinski definition) is 2. The molecule has 3 N–H and O–H groups in total. The first kappa shape index (κ1) is 18.5. The second-order valence-electron chi connectivity index (χ2n) is 5.26. The Bertz CT molecular complexity index is 765. The number of primary amides is 1. The van der Waals surface area contributed by atoms with E-state index in [1.807, 2.05) is 18.2 Å². The molecule has 2 amide bonds. The smallest absolute Gasteiger partial charge is 0.308 e. The number of ether oxygens (including phenoxy) is 1. The highest BCUT2D eigenvalue weighted by atomic mass is 35.5. The molecule has 0 heterocycles. The summed E-state index contributed by atoms with van der Waals surface area (Å²) in [4.78, 5) is 35.6. The van der Waals surface area contributed by atoms with Gasteiger partial charge in [-0.15, -0.1) is 0 Å². The minimum atomic E-state index is -1.19. The van der Waals surface area contributed by atoms with Crippen LogP contribution in [0, 0.1) is 0 Å². The molecule has 2 aromatic rings. The van der Waals surface area contributed by atoms with Gasteiger partial charge in [-0.1, -0.05) is 54.1 Å². The molecule has 6 nitrogen and oxygen atoms in total. The van der Waals surface area contributed by atoms with Gasteiger partial charge in [0.25, 0.3) is 5.91 Å². The number of nitrogens with two attached hydrogens (primary N) is 1. The number of benzene rings is 2. The molecule has 0 radical (unpaired) electrons. The molecule has 2 aromatic carbocycles.